The Labute approximate surface area is 184 Å². The number of aliphatic hydroxyl groups excluding tert-OH is 1. The molecule has 6 nitrogen and oxygen atoms in total. The summed E-state index contributed by atoms with van der Waals surface area (Å²) in [6.45, 7) is 4.14. The van der Waals surface area contributed by atoms with Crippen LogP contribution in [0.3, 0.4) is 0 Å². The number of ether oxygens (including phenoxy) is 2. The Bertz CT molecular complexity index is 1260. The minimum Gasteiger partial charge on any atom is -0.497 e. The van der Waals surface area contributed by atoms with Crippen molar-refractivity contribution in [2.24, 2.45) is 0 Å². The van der Waals surface area contributed by atoms with Crippen LogP contribution < -0.4 is 15.0 Å². The van der Waals surface area contributed by atoms with Crippen LogP contribution in [-0.4, -0.2) is 34.5 Å². The molecule has 31 heavy (non-hydrogen) atoms. The van der Waals surface area contributed by atoms with Gasteiger partial charge in [-0.15, -0.1) is 11.3 Å². The van der Waals surface area contributed by atoms with Crippen molar-refractivity contribution in [3.05, 3.63) is 75.7 Å². The number of aliphatic hydroxyl groups is 1. The Kier molecular flexibility index (Phi) is 6.06. The molecule has 7 heteroatoms. The van der Waals surface area contributed by atoms with Gasteiger partial charge in [0.15, 0.2) is 0 Å². The van der Waals surface area contributed by atoms with Crippen molar-refractivity contribution in [1.29, 1.82) is 0 Å². The zero-order valence-corrected chi connectivity index (χ0v) is 18.5. The quantitative estimate of drug-likeness (QED) is 0.470. The molecular weight excluding hydrogens is 412 g/mol. The van der Waals surface area contributed by atoms with Crippen LogP contribution in [0.5, 0.6) is 11.5 Å². The van der Waals surface area contributed by atoms with Gasteiger partial charge in [-0.1, -0.05) is 24.3 Å². The minimum atomic E-state index is -0.847. The lowest BCUT2D eigenvalue weighted by molar-refractivity contribution is 0.0911. The summed E-state index contributed by atoms with van der Waals surface area (Å²) in [5.41, 5.74) is 3.66. The Balaban J connectivity index is 1.56. The molecule has 0 spiro atoms. The van der Waals surface area contributed by atoms with Gasteiger partial charge in [0, 0.05) is 10.9 Å². The standard InChI is InChI=1S/C24H24N2O4S/c1-15-4-5-16(2)21(10-15)30-12-18(27)11-26-14-25-23-22(24(26)28)20(13-31-23)17-6-8-19(29-3)9-7-17/h4-10,13-14,18,27H,11-12H2,1-3H3/t18-/m1/s1. The lowest BCUT2D eigenvalue weighted by atomic mass is 10.1. The van der Waals surface area contributed by atoms with Crippen LogP contribution >= 0.6 is 11.3 Å². The van der Waals surface area contributed by atoms with Crippen molar-refractivity contribution < 1.29 is 14.6 Å². The molecule has 0 aliphatic rings. The fourth-order valence-corrected chi connectivity index (χ4v) is 4.32. The highest BCUT2D eigenvalue weighted by atomic mass is 32.1. The summed E-state index contributed by atoms with van der Waals surface area (Å²) < 4.78 is 12.4. The van der Waals surface area contributed by atoms with Gasteiger partial charge >= 0.3 is 0 Å². The molecule has 0 aliphatic heterocycles. The molecule has 0 saturated carbocycles. The number of fused-ring (bicyclic) bond motifs is 1. The highest BCUT2D eigenvalue weighted by Crippen LogP contribution is 2.31. The van der Waals surface area contributed by atoms with E-state index in [0.717, 1.165) is 33.8 Å². The Morgan fingerprint density at radius 2 is 1.94 bits per heavy atom. The van der Waals surface area contributed by atoms with Crippen LogP contribution in [0, 0.1) is 13.8 Å². The maximum Gasteiger partial charge on any atom is 0.262 e. The number of aryl methyl sites for hydroxylation is 2. The molecule has 160 valence electrons. The van der Waals surface area contributed by atoms with Gasteiger partial charge in [-0.2, -0.15) is 0 Å². The van der Waals surface area contributed by atoms with E-state index in [1.54, 1.807) is 7.11 Å². The van der Waals surface area contributed by atoms with E-state index >= 15 is 0 Å². The van der Waals surface area contributed by atoms with Gasteiger partial charge in [0.25, 0.3) is 5.56 Å². The van der Waals surface area contributed by atoms with E-state index in [-0.39, 0.29) is 18.7 Å². The van der Waals surface area contributed by atoms with Crippen molar-refractivity contribution in [3.63, 3.8) is 0 Å². The third-order valence-electron chi connectivity index (χ3n) is 5.14. The number of methoxy groups -OCH3 is 1. The van der Waals surface area contributed by atoms with Crippen molar-refractivity contribution in [2.45, 2.75) is 26.5 Å². The van der Waals surface area contributed by atoms with E-state index < -0.39 is 6.10 Å². The fraction of sp³-hybridized carbons (Fsp3) is 0.250. The van der Waals surface area contributed by atoms with Crippen LogP contribution in [0.2, 0.25) is 0 Å². The first-order chi connectivity index (χ1) is 15.0. The SMILES string of the molecule is COc1ccc(-c2csc3ncn(C[C@@H](O)COc4cc(C)ccc4C)c(=O)c23)cc1. The second-order valence-electron chi connectivity index (χ2n) is 7.49. The topological polar surface area (TPSA) is 73.6 Å². The molecule has 2 heterocycles. The summed E-state index contributed by atoms with van der Waals surface area (Å²) in [6, 6.07) is 13.5. The molecule has 0 amide bonds. The summed E-state index contributed by atoms with van der Waals surface area (Å²) in [6.07, 6.45) is 0.639. The molecule has 0 saturated heterocycles. The maximum atomic E-state index is 13.2. The maximum absolute atomic E-state index is 13.2. The molecule has 0 aliphatic carbocycles. The molecule has 0 radical (unpaired) electrons. The van der Waals surface area contributed by atoms with Crippen molar-refractivity contribution in [3.8, 4) is 22.6 Å². The number of rotatable bonds is 7. The number of nitrogens with zero attached hydrogens (tertiary/aromatic N) is 2. The Morgan fingerprint density at radius 1 is 1.16 bits per heavy atom. The molecule has 0 bridgehead atoms. The molecule has 2 aromatic carbocycles. The Hall–Kier alpha value is -3.16. The molecule has 4 rings (SSSR count). The lowest BCUT2D eigenvalue weighted by Gasteiger charge is -2.15. The van der Waals surface area contributed by atoms with Crippen LogP contribution in [0.1, 0.15) is 11.1 Å². The molecule has 2 aromatic heterocycles. The van der Waals surface area contributed by atoms with E-state index in [1.165, 1.54) is 22.2 Å². The summed E-state index contributed by atoms with van der Waals surface area (Å²) >= 11 is 1.43. The number of aromatic nitrogens is 2. The number of hydrogen-bond donors (Lipinski definition) is 1. The number of benzene rings is 2. The van der Waals surface area contributed by atoms with Gasteiger partial charge in [-0.05, 0) is 48.7 Å². The van der Waals surface area contributed by atoms with Crippen LogP contribution in [0.25, 0.3) is 21.3 Å². The Morgan fingerprint density at radius 3 is 2.68 bits per heavy atom. The van der Waals surface area contributed by atoms with Crippen LogP contribution in [-0.2, 0) is 6.54 Å². The van der Waals surface area contributed by atoms with Gasteiger partial charge in [-0.3, -0.25) is 9.36 Å². The monoisotopic (exact) mass is 436 g/mol. The molecule has 1 atom stereocenters. The van der Waals surface area contributed by atoms with Crippen LogP contribution in [0.15, 0.2) is 59.0 Å². The predicted octanol–water partition coefficient (Wildman–Crippen LogP) is 4.19. The average Bonchev–Trinajstić information content (AvgIpc) is 3.21. The third kappa shape index (κ3) is 4.47. The number of hydrogen-bond acceptors (Lipinski definition) is 6. The van der Waals surface area contributed by atoms with E-state index in [2.05, 4.69) is 4.98 Å². The third-order valence-corrected chi connectivity index (χ3v) is 6.03. The normalized spacial score (nSPS) is 12.1. The first-order valence-corrected chi connectivity index (χ1v) is 10.8. The van der Waals surface area contributed by atoms with Gasteiger partial charge < -0.3 is 14.6 Å². The first-order valence-electron chi connectivity index (χ1n) is 9.95. The molecular formula is C24H24N2O4S. The summed E-state index contributed by atoms with van der Waals surface area (Å²) in [5.74, 6) is 1.49. The van der Waals surface area contributed by atoms with E-state index in [1.807, 2.05) is 61.7 Å². The van der Waals surface area contributed by atoms with Crippen molar-refractivity contribution in [2.75, 3.05) is 13.7 Å². The summed E-state index contributed by atoms with van der Waals surface area (Å²) in [4.78, 5) is 18.3. The summed E-state index contributed by atoms with van der Waals surface area (Å²) in [7, 11) is 1.62. The van der Waals surface area contributed by atoms with Crippen LogP contribution in [0.4, 0.5) is 0 Å². The van der Waals surface area contributed by atoms with Crippen molar-refractivity contribution in [1.82, 2.24) is 9.55 Å². The molecule has 4 aromatic rings. The van der Waals surface area contributed by atoms with Gasteiger partial charge in [0.1, 0.15) is 29.0 Å². The highest BCUT2D eigenvalue weighted by Gasteiger charge is 2.16. The van der Waals surface area contributed by atoms with Crippen molar-refractivity contribution >= 4 is 21.6 Å². The molecule has 0 unspecified atom stereocenters. The van der Waals surface area contributed by atoms with Gasteiger partial charge in [-0.25, -0.2) is 4.98 Å². The zero-order valence-electron chi connectivity index (χ0n) is 17.7. The van der Waals surface area contributed by atoms with Gasteiger partial charge in [0.05, 0.1) is 25.4 Å². The summed E-state index contributed by atoms with van der Waals surface area (Å²) in [5, 5.41) is 13.0. The highest BCUT2D eigenvalue weighted by molar-refractivity contribution is 7.17. The smallest absolute Gasteiger partial charge is 0.262 e. The minimum absolute atomic E-state index is 0.0870. The second-order valence-corrected chi connectivity index (χ2v) is 8.35. The largest absolute Gasteiger partial charge is 0.497 e. The second kappa shape index (κ2) is 8.91. The fourth-order valence-electron chi connectivity index (χ4n) is 3.41. The molecule has 1 N–H and O–H groups in total. The van der Waals surface area contributed by atoms with E-state index in [9.17, 15) is 9.90 Å². The lowest BCUT2D eigenvalue weighted by Crippen LogP contribution is -2.30. The average molecular weight is 437 g/mol. The predicted molar refractivity (Wildman–Crippen MR) is 123 cm³/mol. The molecule has 0 fully saturated rings. The first kappa shape index (κ1) is 21.1. The van der Waals surface area contributed by atoms with Gasteiger partial charge in [0.2, 0.25) is 0 Å². The number of thiophene rings is 1. The zero-order chi connectivity index (χ0) is 22.0. The van der Waals surface area contributed by atoms with E-state index in [0.29, 0.717) is 10.2 Å². The van der Waals surface area contributed by atoms with E-state index in [4.69, 9.17) is 9.47 Å².